The molecule has 2 aromatic rings. The van der Waals surface area contributed by atoms with Crippen molar-refractivity contribution in [3.8, 4) is 28.7 Å². The molecule has 162 valence electrons. The molecule has 0 unspecified atom stereocenters. The molecule has 8 nitrogen and oxygen atoms in total. The number of likely N-dealkylation sites (N-methyl/N-ethyl adjacent to an activating group) is 1. The first-order chi connectivity index (χ1) is 14.5. The molecule has 0 saturated heterocycles. The molecule has 0 fully saturated rings. The molecule has 1 N–H and O–H groups in total. The smallest absolute Gasteiger partial charge is 0.234 e. The summed E-state index contributed by atoms with van der Waals surface area (Å²) in [6.07, 6.45) is 0. The van der Waals surface area contributed by atoms with Crippen LogP contribution in [0, 0.1) is 0 Å². The van der Waals surface area contributed by atoms with Crippen molar-refractivity contribution in [3.05, 3.63) is 41.5 Å². The van der Waals surface area contributed by atoms with E-state index in [1.807, 2.05) is 30.1 Å². The van der Waals surface area contributed by atoms with Gasteiger partial charge in [0.15, 0.2) is 23.0 Å². The van der Waals surface area contributed by atoms with E-state index in [4.69, 9.17) is 23.7 Å². The second-order valence-corrected chi connectivity index (χ2v) is 6.95. The van der Waals surface area contributed by atoms with Crippen LogP contribution in [0.15, 0.2) is 30.3 Å². The third kappa shape index (κ3) is 5.27. The summed E-state index contributed by atoms with van der Waals surface area (Å²) in [5.74, 6) is 3.19. The number of rotatable bonds is 9. The Labute approximate surface area is 176 Å². The van der Waals surface area contributed by atoms with E-state index < -0.39 is 0 Å². The number of nitrogens with zero attached hydrogens (tertiary/aromatic N) is 1. The van der Waals surface area contributed by atoms with E-state index >= 15 is 0 Å². The molecule has 0 saturated carbocycles. The Balaban J connectivity index is 1.55. The zero-order chi connectivity index (χ0) is 21.5. The minimum Gasteiger partial charge on any atom is -0.496 e. The van der Waals surface area contributed by atoms with Gasteiger partial charge in [0.1, 0.15) is 19.0 Å². The van der Waals surface area contributed by atoms with Gasteiger partial charge in [-0.1, -0.05) is 6.07 Å². The van der Waals surface area contributed by atoms with Gasteiger partial charge in [0.05, 0.1) is 27.9 Å². The van der Waals surface area contributed by atoms with Crippen LogP contribution in [0.2, 0.25) is 0 Å². The zero-order valence-electron chi connectivity index (χ0n) is 17.8. The van der Waals surface area contributed by atoms with E-state index in [0.717, 1.165) is 22.6 Å². The van der Waals surface area contributed by atoms with Crippen LogP contribution in [0.3, 0.4) is 0 Å². The van der Waals surface area contributed by atoms with Crippen molar-refractivity contribution < 1.29 is 28.5 Å². The molecule has 8 heteroatoms. The van der Waals surface area contributed by atoms with Crippen molar-refractivity contribution >= 4 is 5.91 Å². The summed E-state index contributed by atoms with van der Waals surface area (Å²) in [5.41, 5.74) is 1.86. The lowest BCUT2D eigenvalue weighted by atomic mass is 10.1. The van der Waals surface area contributed by atoms with E-state index in [1.165, 1.54) is 0 Å². The maximum absolute atomic E-state index is 12.4. The molecule has 1 heterocycles. The first-order valence-corrected chi connectivity index (χ1v) is 9.66. The van der Waals surface area contributed by atoms with Crippen molar-refractivity contribution in [1.29, 1.82) is 0 Å². The van der Waals surface area contributed by atoms with Gasteiger partial charge in [-0.15, -0.1) is 0 Å². The molecular formula is C22H28N2O6. The molecule has 0 atom stereocenters. The van der Waals surface area contributed by atoms with Crippen LogP contribution in [0.4, 0.5) is 0 Å². The Hall–Kier alpha value is -3.13. The van der Waals surface area contributed by atoms with Crippen LogP contribution >= 0.6 is 0 Å². The first kappa shape index (κ1) is 21.6. The zero-order valence-corrected chi connectivity index (χ0v) is 17.8. The average Bonchev–Trinajstić information content (AvgIpc) is 2.76. The Bertz CT molecular complexity index is 886. The standard InChI is InChI=1S/C22H28N2O6/c1-24(13-15-5-6-17-21(9-15)30-8-7-29-17)14-22(25)23-12-16-10-19(27-3)20(28-4)11-18(16)26-2/h5-6,9-11H,7-8,12-14H2,1-4H3,(H,23,25). The van der Waals surface area contributed by atoms with Crippen LogP contribution in [0.1, 0.15) is 11.1 Å². The molecule has 0 radical (unpaired) electrons. The highest BCUT2D eigenvalue weighted by molar-refractivity contribution is 5.78. The highest BCUT2D eigenvalue weighted by atomic mass is 16.6. The van der Waals surface area contributed by atoms with Gasteiger partial charge in [-0.25, -0.2) is 0 Å². The van der Waals surface area contributed by atoms with Gasteiger partial charge < -0.3 is 29.0 Å². The number of ether oxygens (including phenoxy) is 5. The molecular weight excluding hydrogens is 388 g/mol. The van der Waals surface area contributed by atoms with E-state index in [-0.39, 0.29) is 12.5 Å². The quantitative estimate of drug-likeness (QED) is 0.672. The van der Waals surface area contributed by atoms with Crippen molar-refractivity contribution in [2.24, 2.45) is 0 Å². The molecule has 1 aliphatic heterocycles. The topological polar surface area (TPSA) is 78.5 Å². The van der Waals surface area contributed by atoms with Crippen molar-refractivity contribution in [3.63, 3.8) is 0 Å². The maximum atomic E-state index is 12.4. The van der Waals surface area contributed by atoms with E-state index in [9.17, 15) is 4.79 Å². The van der Waals surface area contributed by atoms with Gasteiger partial charge in [-0.2, -0.15) is 0 Å². The Morgan fingerprint density at radius 1 is 0.967 bits per heavy atom. The number of carbonyl (C=O) groups excluding carboxylic acids is 1. The van der Waals surface area contributed by atoms with Gasteiger partial charge in [-0.05, 0) is 30.8 Å². The lowest BCUT2D eigenvalue weighted by Gasteiger charge is -2.21. The second kappa shape index (κ2) is 10.1. The van der Waals surface area contributed by atoms with E-state index in [0.29, 0.717) is 43.6 Å². The molecule has 3 rings (SSSR count). The Morgan fingerprint density at radius 3 is 2.33 bits per heavy atom. The fraction of sp³-hybridized carbons (Fsp3) is 0.409. The number of methoxy groups -OCH3 is 3. The predicted molar refractivity (Wildman–Crippen MR) is 112 cm³/mol. The lowest BCUT2D eigenvalue weighted by Crippen LogP contribution is -2.34. The van der Waals surface area contributed by atoms with Crippen molar-refractivity contribution in [2.45, 2.75) is 13.1 Å². The van der Waals surface area contributed by atoms with Crippen LogP contribution in [-0.4, -0.2) is 58.9 Å². The number of hydrogen-bond acceptors (Lipinski definition) is 7. The summed E-state index contributed by atoms with van der Waals surface area (Å²) in [7, 11) is 6.61. The van der Waals surface area contributed by atoms with E-state index in [1.54, 1.807) is 33.5 Å². The molecule has 1 amide bonds. The normalized spacial score (nSPS) is 12.4. The summed E-state index contributed by atoms with van der Waals surface area (Å²) in [6, 6.07) is 9.39. The monoisotopic (exact) mass is 416 g/mol. The fourth-order valence-corrected chi connectivity index (χ4v) is 3.28. The minimum atomic E-state index is -0.0909. The summed E-state index contributed by atoms with van der Waals surface area (Å²) in [6.45, 7) is 2.31. The van der Waals surface area contributed by atoms with Crippen LogP contribution in [0.5, 0.6) is 28.7 Å². The lowest BCUT2D eigenvalue weighted by molar-refractivity contribution is -0.122. The van der Waals surface area contributed by atoms with Crippen LogP contribution in [0.25, 0.3) is 0 Å². The molecule has 30 heavy (non-hydrogen) atoms. The average molecular weight is 416 g/mol. The summed E-state index contributed by atoms with van der Waals surface area (Å²) < 4.78 is 27.2. The molecule has 0 aromatic heterocycles. The molecule has 0 spiro atoms. The van der Waals surface area contributed by atoms with Crippen LogP contribution in [-0.2, 0) is 17.9 Å². The highest BCUT2D eigenvalue weighted by Crippen LogP contribution is 2.34. The molecule has 0 aliphatic carbocycles. The third-order valence-corrected chi connectivity index (χ3v) is 4.74. The fourth-order valence-electron chi connectivity index (χ4n) is 3.28. The van der Waals surface area contributed by atoms with Gasteiger partial charge in [-0.3, -0.25) is 9.69 Å². The van der Waals surface area contributed by atoms with Gasteiger partial charge in [0, 0.05) is 24.7 Å². The molecule has 0 bridgehead atoms. The minimum absolute atomic E-state index is 0.0909. The predicted octanol–water partition coefficient (Wildman–Crippen LogP) is 2.23. The summed E-state index contributed by atoms with van der Waals surface area (Å²) >= 11 is 0. The van der Waals surface area contributed by atoms with Crippen molar-refractivity contribution in [2.75, 3.05) is 48.1 Å². The van der Waals surface area contributed by atoms with Crippen molar-refractivity contribution in [1.82, 2.24) is 10.2 Å². The Kier molecular flexibility index (Phi) is 7.24. The largest absolute Gasteiger partial charge is 0.496 e. The Morgan fingerprint density at radius 2 is 1.63 bits per heavy atom. The third-order valence-electron chi connectivity index (χ3n) is 4.74. The molecule has 1 aliphatic rings. The highest BCUT2D eigenvalue weighted by Gasteiger charge is 2.15. The number of benzene rings is 2. The SMILES string of the molecule is COc1cc(OC)c(OC)cc1CNC(=O)CN(C)Cc1ccc2c(c1)OCCO2. The number of hydrogen-bond donors (Lipinski definition) is 1. The van der Waals surface area contributed by atoms with Crippen LogP contribution < -0.4 is 29.0 Å². The number of nitrogens with one attached hydrogen (secondary N) is 1. The summed E-state index contributed by atoms with van der Waals surface area (Å²) in [5, 5.41) is 2.93. The van der Waals surface area contributed by atoms with Gasteiger partial charge in [0.25, 0.3) is 0 Å². The number of fused-ring (bicyclic) bond motifs is 1. The number of amides is 1. The molecule has 2 aromatic carbocycles. The maximum Gasteiger partial charge on any atom is 0.234 e. The summed E-state index contributed by atoms with van der Waals surface area (Å²) in [4.78, 5) is 14.4. The van der Waals surface area contributed by atoms with Gasteiger partial charge >= 0.3 is 0 Å². The van der Waals surface area contributed by atoms with Gasteiger partial charge in [0.2, 0.25) is 5.91 Å². The van der Waals surface area contributed by atoms with E-state index in [2.05, 4.69) is 5.32 Å². The number of carbonyl (C=O) groups is 1. The second-order valence-electron chi connectivity index (χ2n) is 6.95. The first-order valence-electron chi connectivity index (χ1n) is 9.66.